The van der Waals surface area contributed by atoms with E-state index in [4.69, 9.17) is 4.42 Å². The molecule has 5 heteroatoms. The molecule has 0 fully saturated rings. The van der Waals surface area contributed by atoms with Crippen molar-refractivity contribution >= 4 is 73.0 Å². The molecule has 10 rings (SSSR count). The summed E-state index contributed by atoms with van der Waals surface area (Å²) in [6.45, 7) is 0. The quantitative estimate of drug-likeness (QED) is 0.162. The van der Waals surface area contributed by atoms with E-state index in [2.05, 4.69) is 161 Å². The summed E-state index contributed by atoms with van der Waals surface area (Å²) in [4.78, 5) is 2.34. The van der Waals surface area contributed by atoms with Gasteiger partial charge in [-0.2, -0.15) is 5.10 Å². The van der Waals surface area contributed by atoms with Gasteiger partial charge in [-0.05, 0) is 93.7 Å². The minimum Gasteiger partial charge on any atom is -0.456 e. The minimum absolute atomic E-state index is 0.374. The fourth-order valence-electron chi connectivity index (χ4n) is 7.76. The van der Waals surface area contributed by atoms with Crippen molar-refractivity contribution in [2.45, 2.75) is 0 Å². The van der Waals surface area contributed by atoms with Crippen LogP contribution in [0.3, 0.4) is 0 Å². The Bertz CT molecular complexity index is 2980. The summed E-state index contributed by atoms with van der Waals surface area (Å²) in [7, 11) is 0. The number of allylic oxidation sites excluding steroid dienone is 1. The number of benzene rings is 8. The molecule has 0 saturated carbocycles. The number of rotatable bonds is 7. The number of hydrogen-bond acceptors (Lipinski definition) is 5. The predicted octanol–water partition coefficient (Wildman–Crippen LogP) is 13.4. The topological polar surface area (TPSA) is 64.6 Å². The van der Waals surface area contributed by atoms with Gasteiger partial charge in [-0.1, -0.05) is 133 Å². The van der Waals surface area contributed by atoms with Crippen LogP contribution in [0.2, 0.25) is 0 Å². The van der Waals surface area contributed by atoms with Gasteiger partial charge in [0.1, 0.15) is 16.9 Å². The molecule has 0 bridgehead atoms. The van der Waals surface area contributed by atoms with E-state index in [0.29, 0.717) is 11.4 Å². The first-order valence-electron chi connectivity index (χ1n) is 18.4. The summed E-state index contributed by atoms with van der Waals surface area (Å²) in [5.74, 6) is 0. The summed E-state index contributed by atoms with van der Waals surface area (Å²) in [6.07, 6.45) is 3.96. The second-order valence-corrected chi connectivity index (χ2v) is 13.7. The van der Waals surface area contributed by atoms with E-state index in [1.165, 1.54) is 0 Å². The van der Waals surface area contributed by atoms with Crippen molar-refractivity contribution in [1.29, 1.82) is 5.41 Å². The zero-order valence-corrected chi connectivity index (χ0v) is 29.8. The summed E-state index contributed by atoms with van der Waals surface area (Å²) >= 11 is 0. The molecule has 0 spiro atoms. The Morgan fingerprint density at radius 1 is 0.509 bits per heavy atom. The Kier molecular flexibility index (Phi) is 7.89. The molecule has 5 nitrogen and oxygen atoms in total. The van der Waals surface area contributed by atoms with Gasteiger partial charge in [0.2, 0.25) is 0 Å². The van der Waals surface area contributed by atoms with Crippen LogP contribution in [0.25, 0.3) is 61.0 Å². The summed E-state index contributed by atoms with van der Waals surface area (Å²) in [6, 6.07) is 63.1. The molecule has 0 atom stereocenters. The lowest BCUT2D eigenvalue weighted by molar-refractivity contribution is 0.669. The Morgan fingerprint density at radius 3 is 1.98 bits per heavy atom. The molecule has 1 aromatic heterocycles. The monoisotopic (exact) mass is 706 g/mol. The highest BCUT2D eigenvalue weighted by molar-refractivity contribution is 6.55. The molecule has 8 aromatic carbocycles. The van der Waals surface area contributed by atoms with E-state index < -0.39 is 0 Å². The van der Waals surface area contributed by atoms with E-state index in [0.717, 1.165) is 88.8 Å². The van der Waals surface area contributed by atoms with Crippen molar-refractivity contribution in [1.82, 2.24) is 0 Å². The van der Waals surface area contributed by atoms with Gasteiger partial charge in [-0.25, -0.2) is 0 Å². The first kappa shape index (κ1) is 32.2. The summed E-state index contributed by atoms with van der Waals surface area (Å²) in [5, 5.41) is 18.3. The zero-order chi connectivity index (χ0) is 36.7. The third-order valence-corrected chi connectivity index (χ3v) is 10.4. The largest absolute Gasteiger partial charge is 0.456 e. The molecule has 9 aromatic rings. The molecular weight excluding hydrogens is 673 g/mol. The predicted molar refractivity (Wildman–Crippen MR) is 230 cm³/mol. The number of nitrogens with one attached hydrogen (secondary N) is 2. The normalized spacial score (nSPS) is 13.1. The zero-order valence-electron chi connectivity index (χ0n) is 29.8. The first-order valence-corrected chi connectivity index (χ1v) is 18.4. The van der Waals surface area contributed by atoms with Crippen LogP contribution in [0.4, 0.5) is 22.7 Å². The molecule has 0 unspecified atom stereocenters. The van der Waals surface area contributed by atoms with Crippen molar-refractivity contribution in [3.8, 4) is 22.3 Å². The molecule has 2 N–H and O–H groups in total. The van der Waals surface area contributed by atoms with Gasteiger partial charge in [0.15, 0.2) is 0 Å². The van der Waals surface area contributed by atoms with Crippen LogP contribution >= 0.6 is 0 Å². The average molecular weight is 707 g/mol. The second-order valence-electron chi connectivity index (χ2n) is 13.7. The lowest BCUT2D eigenvalue weighted by atomic mass is 9.89. The number of hydrazone groups is 1. The average Bonchev–Trinajstić information content (AvgIpc) is 3.62. The van der Waals surface area contributed by atoms with Gasteiger partial charge in [0.05, 0.1) is 17.1 Å². The summed E-state index contributed by atoms with van der Waals surface area (Å²) in [5.41, 5.74) is 16.1. The number of furan rings is 1. The molecule has 0 radical (unpaired) electrons. The third kappa shape index (κ3) is 5.75. The Labute approximate surface area is 318 Å². The van der Waals surface area contributed by atoms with Crippen molar-refractivity contribution in [3.05, 3.63) is 199 Å². The van der Waals surface area contributed by atoms with Crippen LogP contribution in [-0.2, 0) is 0 Å². The summed E-state index contributed by atoms with van der Waals surface area (Å²) < 4.78 is 6.28. The van der Waals surface area contributed by atoms with E-state index in [1.54, 1.807) is 0 Å². The molecule has 260 valence electrons. The number of para-hydroxylation sites is 3. The molecule has 0 aliphatic heterocycles. The molecule has 1 aliphatic rings. The number of anilines is 4. The van der Waals surface area contributed by atoms with Crippen molar-refractivity contribution < 1.29 is 4.42 Å². The maximum Gasteiger partial charge on any atom is 0.135 e. The van der Waals surface area contributed by atoms with Crippen LogP contribution in [-0.4, -0.2) is 11.4 Å². The molecule has 0 saturated heterocycles. The van der Waals surface area contributed by atoms with Crippen LogP contribution in [0.15, 0.2) is 198 Å². The van der Waals surface area contributed by atoms with Crippen LogP contribution < -0.4 is 10.3 Å². The number of fused-ring (bicyclic) bond motifs is 6. The van der Waals surface area contributed by atoms with Crippen molar-refractivity contribution in [2.24, 2.45) is 5.10 Å². The Morgan fingerprint density at radius 2 is 1.15 bits per heavy atom. The lowest BCUT2D eigenvalue weighted by Gasteiger charge is -2.29. The second kappa shape index (κ2) is 13.5. The highest BCUT2D eigenvalue weighted by Crippen LogP contribution is 2.45. The number of hydrogen-bond donors (Lipinski definition) is 2. The van der Waals surface area contributed by atoms with E-state index >= 15 is 0 Å². The van der Waals surface area contributed by atoms with Gasteiger partial charge < -0.3 is 9.32 Å². The van der Waals surface area contributed by atoms with Gasteiger partial charge in [-0.3, -0.25) is 10.8 Å². The standard InChI is InChI=1S/C50H34N4O/c51-50-45(53-52-36-15-5-2-6-16-36)29-26-35-24-23-34-25-27-37(31-43(34)49(35)50)54(38-28-30-48-44(32-38)42-20-10-12-22-47(42)55-48)46-21-11-9-19-41(46)40-18-8-7-17-39(40)33-13-3-1-4-14-33/h1-32,51-52H/b51-50?,53-45-. The molecule has 1 heterocycles. The Balaban J connectivity index is 1.18. The fraction of sp³-hybridized carbons (Fsp3) is 0. The third-order valence-electron chi connectivity index (χ3n) is 10.4. The van der Waals surface area contributed by atoms with E-state index in [9.17, 15) is 5.41 Å². The van der Waals surface area contributed by atoms with E-state index in [1.807, 2.05) is 48.5 Å². The van der Waals surface area contributed by atoms with Gasteiger partial charge in [0.25, 0.3) is 0 Å². The van der Waals surface area contributed by atoms with Crippen LogP contribution in [0, 0.1) is 5.41 Å². The molecule has 1 aliphatic carbocycles. The fourth-order valence-corrected chi connectivity index (χ4v) is 7.76. The van der Waals surface area contributed by atoms with Crippen molar-refractivity contribution in [2.75, 3.05) is 10.3 Å². The highest BCUT2D eigenvalue weighted by Gasteiger charge is 2.23. The first-order chi connectivity index (χ1) is 27.2. The maximum atomic E-state index is 9.44. The molecule has 0 amide bonds. The van der Waals surface area contributed by atoms with Crippen LogP contribution in [0.1, 0.15) is 11.1 Å². The van der Waals surface area contributed by atoms with E-state index in [-0.39, 0.29) is 0 Å². The lowest BCUT2D eigenvalue weighted by Crippen LogP contribution is -2.19. The maximum absolute atomic E-state index is 9.44. The van der Waals surface area contributed by atoms with Gasteiger partial charge in [-0.15, -0.1) is 0 Å². The molecular formula is C50H34N4O. The highest BCUT2D eigenvalue weighted by atomic mass is 16.3. The Hall–Kier alpha value is -7.50. The van der Waals surface area contributed by atoms with Crippen molar-refractivity contribution in [3.63, 3.8) is 0 Å². The number of nitrogens with zero attached hydrogens (tertiary/aromatic N) is 2. The molecule has 55 heavy (non-hydrogen) atoms. The van der Waals surface area contributed by atoms with Gasteiger partial charge >= 0.3 is 0 Å². The SMILES string of the molecule is N=C1/C(=N\Nc2ccccc2)C=Cc2ccc3ccc(N(c4ccc5oc6ccccc6c5c4)c4ccccc4-c4ccccc4-c4ccccc4)cc3c21. The van der Waals surface area contributed by atoms with Crippen LogP contribution in [0.5, 0.6) is 0 Å². The minimum atomic E-state index is 0.374. The smallest absolute Gasteiger partial charge is 0.135 e. The van der Waals surface area contributed by atoms with Gasteiger partial charge in [0, 0.05) is 33.3 Å².